The van der Waals surface area contributed by atoms with E-state index in [1.165, 1.54) is 0 Å². The van der Waals surface area contributed by atoms with Crippen LogP contribution in [-0.4, -0.2) is 24.2 Å². The minimum atomic E-state index is -0.0554. The fraction of sp³-hybridized carbons (Fsp3) is 0.400. The molecule has 0 aliphatic carbocycles. The predicted octanol–water partition coefficient (Wildman–Crippen LogP) is 1.87. The number of aliphatic hydroxyl groups is 1. The lowest BCUT2D eigenvalue weighted by Crippen LogP contribution is -2.24. The number of rotatable bonds is 4. The fourth-order valence-corrected chi connectivity index (χ4v) is 1.56. The maximum absolute atomic E-state index is 11.9. The fourth-order valence-electron chi connectivity index (χ4n) is 1.56. The van der Waals surface area contributed by atoms with E-state index in [4.69, 9.17) is 5.11 Å². The molecule has 0 heterocycles. The standard InChI is InChI=1S/C15H19NO2/c1-3-10-16-15(18)14-9-6-8-13(12(14)2)7-4-5-11-17/h6,8-9,17H,3,5,10-11H2,1-2H3,(H,16,18). The highest BCUT2D eigenvalue weighted by atomic mass is 16.2. The van der Waals surface area contributed by atoms with Crippen molar-refractivity contribution in [3.63, 3.8) is 0 Å². The lowest BCUT2D eigenvalue weighted by Gasteiger charge is -2.08. The first-order valence-corrected chi connectivity index (χ1v) is 6.18. The molecule has 0 atom stereocenters. The zero-order chi connectivity index (χ0) is 13.4. The van der Waals surface area contributed by atoms with Gasteiger partial charge in [-0.25, -0.2) is 0 Å². The molecule has 96 valence electrons. The average Bonchev–Trinajstić information content (AvgIpc) is 2.38. The first-order chi connectivity index (χ1) is 8.70. The Morgan fingerprint density at radius 2 is 2.22 bits per heavy atom. The molecule has 1 amide bonds. The second-order valence-corrected chi connectivity index (χ2v) is 4.01. The van der Waals surface area contributed by atoms with Crippen LogP contribution in [0.25, 0.3) is 0 Å². The van der Waals surface area contributed by atoms with Crippen molar-refractivity contribution in [3.05, 3.63) is 34.9 Å². The number of carbonyl (C=O) groups excluding carboxylic acids is 1. The van der Waals surface area contributed by atoms with Crippen molar-refractivity contribution in [2.75, 3.05) is 13.2 Å². The summed E-state index contributed by atoms with van der Waals surface area (Å²) in [7, 11) is 0. The van der Waals surface area contributed by atoms with Crippen LogP contribution in [0.1, 0.15) is 41.3 Å². The smallest absolute Gasteiger partial charge is 0.251 e. The highest BCUT2D eigenvalue weighted by Gasteiger charge is 2.09. The van der Waals surface area contributed by atoms with E-state index >= 15 is 0 Å². The maximum atomic E-state index is 11.9. The number of benzene rings is 1. The average molecular weight is 245 g/mol. The van der Waals surface area contributed by atoms with Crippen LogP contribution < -0.4 is 5.32 Å². The predicted molar refractivity (Wildman–Crippen MR) is 72.4 cm³/mol. The van der Waals surface area contributed by atoms with Crippen molar-refractivity contribution < 1.29 is 9.90 Å². The summed E-state index contributed by atoms with van der Waals surface area (Å²) in [5.41, 5.74) is 2.39. The van der Waals surface area contributed by atoms with E-state index < -0.39 is 0 Å². The van der Waals surface area contributed by atoms with Gasteiger partial charge in [-0.2, -0.15) is 0 Å². The number of hydrogen-bond acceptors (Lipinski definition) is 2. The van der Waals surface area contributed by atoms with Crippen LogP contribution in [0.4, 0.5) is 0 Å². The Bertz CT molecular complexity index is 469. The number of carbonyl (C=O) groups is 1. The topological polar surface area (TPSA) is 49.3 Å². The molecule has 18 heavy (non-hydrogen) atoms. The Hall–Kier alpha value is -1.79. The summed E-state index contributed by atoms with van der Waals surface area (Å²) in [6, 6.07) is 5.52. The molecular formula is C15H19NO2. The Labute approximate surface area is 108 Å². The van der Waals surface area contributed by atoms with Crippen molar-refractivity contribution in [3.8, 4) is 11.8 Å². The van der Waals surface area contributed by atoms with Gasteiger partial charge in [-0.15, -0.1) is 0 Å². The van der Waals surface area contributed by atoms with E-state index in [-0.39, 0.29) is 12.5 Å². The highest BCUT2D eigenvalue weighted by Crippen LogP contribution is 2.12. The molecule has 0 aliphatic rings. The van der Waals surface area contributed by atoms with Gasteiger partial charge in [0.05, 0.1) is 6.61 Å². The number of aliphatic hydroxyl groups excluding tert-OH is 1. The quantitative estimate of drug-likeness (QED) is 0.796. The number of amides is 1. The van der Waals surface area contributed by atoms with Crippen molar-refractivity contribution in [1.82, 2.24) is 5.32 Å². The molecule has 0 aromatic heterocycles. The molecule has 1 aromatic carbocycles. The van der Waals surface area contributed by atoms with Gasteiger partial charge in [0.15, 0.2) is 0 Å². The van der Waals surface area contributed by atoms with Crippen LogP contribution >= 0.6 is 0 Å². The number of nitrogens with one attached hydrogen (secondary N) is 1. The van der Waals surface area contributed by atoms with E-state index in [0.717, 1.165) is 17.5 Å². The third kappa shape index (κ3) is 3.90. The molecule has 1 aromatic rings. The van der Waals surface area contributed by atoms with Gasteiger partial charge in [0.2, 0.25) is 0 Å². The zero-order valence-electron chi connectivity index (χ0n) is 10.9. The summed E-state index contributed by atoms with van der Waals surface area (Å²) in [6.45, 7) is 4.65. The molecule has 0 spiro atoms. The summed E-state index contributed by atoms with van der Waals surface area (Å²) >= 11 is 0. The summed E-state index contributed by atoms with van der Waals surface area (Å²) in [5, 5.41) is 11.5. The Kier molecular flexibility index (Phi) is 5.96. The molecule has 0 radical (unpaired) electrons. The van der Waals surface area contributed by atoms with Crippen molar-refractivity contribution in [2.24, 2.45) is 0 Å². The van der Waals surface area contributed by atoms with Gasteiger partial charge in [0, 0.05) is 24.1 Å². The molecule has 0 saturated carbocycles. The Morgan fingerprint density at radius 1 is 1.44 bits per heavy atom. The van der Waals surface area contributed by atoms with Gasteiger partial charge in [-0.3, -0.25) is 4.79 Å². The second kappa shape index (κ2) is 7.52. The van der Waals surface area contributed by atoms with E-state index in [1.54, 1.807) is 6.07 Å². The van der Waals surface area contributed by atoms with Crippen LogP contribution in [0.5, 0.6) is 0 Å². The van der Waals surface area contributed by atoms with Crippen molar-refractivity contribution in [1.29, 1.82) is 0 Å². The molecule has 3 heteroatoms. The van der Waals surface area contributed by atoms with E-state index in [1.807, 2.05) is 26.0 Å². The summed E-state index contributed by atoms with van der Waals surface area (Å²) < 4.78 is 0. The van der Waals surface area contributed by atoms with E-state index in [9.17, 15) is 4.79 Å². The van der Waals surface area contributed by atoms with E-state index in [0.29, 0.717) is 18.5 Å². The Morgan fingerprint density at radius 3 is 2.89 bits per heavy atom. The molecule has 1 rings (SSSR count). The molecule has 3 nitrogen and oxygen atoms in total. The second-order valence-electron chi connectivity index (χ2n) is 4.01. The van der Waals surface area contributed by atoms with Gasteiger partial charge >= 0.3 is 0 Å². The third-order valence-corrected chi connectivity index (χ3v) is 2.57. The minimum absolute atomic E-state index is 0.0554. The molecular weight excluding hydrogens is 226 g/mol. The SMILES string of the molecule is CCCNC(=O)c1cccc(C#CCCO)c1C. The summed E-state index contributed by atoms with van der Waals surface area (Å²) in [4.78, 5) is 11.9. The summed E-state index contributed by atoms with van der Waals surface area (Å²) in [5.74, 6) is 5.79. The highest BCUT2D eigenvalue weighted by molar-refractivity contribution is 5.96. The van der Waals surface area contributed by atoms with Gasteiger partial charge < -0.3 is 10.4 Å². The first kappa shape index (κ1) is 14.3. The molecule has 0 saturated heterocycles. The zero-order valence-corrected chi connectivity index (χ0v) is 10.9. The molecule has 0 fully saturated rings. The van der Waals surface area contributed by atoms with Crippen LogP contribution in [0.2, 0.25) is 0 Å². The van der Waals surface area contributed by atoms with Gasteiger partial charge in [-0.05, 0) is 31.0 Å². The van der Waals surface area contributed by atoms with Gasteiger partial charge in [-0.1, -0.05) is 24.8 Å². The molecule has 0 unspecified atom stereocenters. The maximum Gasteiger partial charge on any atom is 0.251 e. The van der Waals surface area contributed by atoms with Gasteiger partial charge in [0.1, 0.15) is 0 Å². The van der Waals surface area contributed by atoms with Crippen LogP contribution in [-0.2, 0) is 0 Å². The molecule has 2 N–H and O–H groups in total. The van der Waals surface area contributed by atoms with Crippen molar-refractivity contribution in [2.45, 2.75) is 26.7 Å². The van der Waals surface area contributed by atoms with E-state index in [2.05, 4.69) is 17.2 Å². The normalized spacial score (nSPS) is 9.50. The monoisotopic (exact) mass is 245 g/mol. The van der Waals surface area contributed by atoms with Crippen LogP contribution in [0, 0.1) is 18.8 Å². The largest absolute Gasteiger partial charge is 0.395 e. The molecule has 0 aliphatic heterocycles. The summed E-state index contributed by atoms with van der Waals surface area (Å²) in [6.07, 6.45) is 1.37. The first-order valence-electron chi connectivity index (χ1n) is 6.18. The lowest BCUT2D eigenvalue weighted by atomic mass is 10.0. The third-order valence-electron chi connectivity index (χ3n) is 2.57. The minimum Gasteiger partial charge on any atom is -0.395 e. The van der Waals surface area contributed by atoms with Crippen LogP contribution in [0.15, 0.2) is 18.2 Å². The lowest BCUT2D eigenvalue weighted by molar-refractivity contribution is 0.0953. The molecule has 0 bridgehead atoms. The number of hydrogen-bond donors (Lipinski definition) is 2. The van der Waals surface area contributed by atoms with Gasteiger partial charge in [0.25, 0.3) is 5.91 Å². The van der Waals surface area contributed by atoms with Crippen molar-refractivity contribution >= 4 is 5.91 Å². The Balaban J connectivity index is 2.92. The van der Waals surface area contributed by atoms with Crippen LogP contribution in [0.3, 0.4) is 0 Å².